The highest BCUT2D eigenvalue weighted by atomic mass is 19.1. The highest BCUT2D eigenvalue weighted by Gasteiger charge is 2.21. The lowest BCUT2D eigenvalue weighted by Gasteiger charge is -2.13. The van der Waals surface area contributed by atoms with Gasteiger partial charge < -0.3 is 20.5 Å². The monoisotopic (exact) mass is 582 g/mol. The van der Waals surface area contributed by atoms with Crippen LogP contribution in [-0.2, 0) is 4.79 Å². The van der Waals surface area contributed by atoms with E-state index in [9.17, 15) is 9.18 Å². The summed E-state index contributed by atoms with van der Waals surface area (Å²) in [6, 6.07) is 8.15. The number of benzene rings is 1. The van der Waals surface area contributed by atoms with E-state index in [1.165, 1.54) is 30.7 Å². The first-order valence-electron chi connectivity index (χ1n) is 13.6. The molecule has 0 atom stereocenters. The second kappa shape index (κ2) is 11.5. The van der Waals surface area contributed by atoms with Gasteiger partial charge in [-0.2, -0.15) is 5.10 Å². The third-order valence-corrected chi connectivity index (χ3v) is 6.90. The number of halogens is 2. The molecule has 5 aromatic heterocycles. The average Bonchev–Trinajstić information content (AvgIpc) is 3.62. The Morgan fingerprint density at radius 1 is 0.977 bits per heavy atom. The zero-order chi connectivity index (χ0) is 30.1. The highest BCUT2D eigenvalue weighted by molar-refractivity contribution is 5.97. The van der Waals surface area contributed by atoms with Crippen molar-refractivity contribution in [3.63, 3.8) is 0 Å². The number of hydrogen-bond acceptors (Lipinski definition) is 8. The number of nitrogens with one attached hydrogen (secondary N) is 4. The molecule has 0 fully saturated rings. The lowest BCUT2D eigenvalue weighted by molar-refractivity contribution is -0.115. The summed E-state index contributed by atoms with van der Waals surface area (Å²) in [5, 5.41) is 13.1. The van der Waals surface area contributed by atoms with Gasteiger partial charge in [0.15, 0.2) is 17.1 Å². The molecule has 218 valence electrons. The largest absolute Gasteiger partial charge is 0.384 e. The van der Waals surface area contributed by atoms with Crippen molar-refractivity contribution in [1.29, 1.82) is 0 Å². The Hall–Kier alpha value is -5.30. The van der Waals surface area contributed by atoms with Gasteiger partial charge in [-0.05, 0) is 50.0 Å². The van der Waals surface area contributed by atoms with Gasteiger partial charge in [-0.3, -0.25) is 14.9 Å². The van der Waals surface area contributed by atoms with Gasteiger partial charge in [0.2, 0.25) is 5.91 Å². The molecule has 13 heteroatoms. The fourth-order valence-electron chi connectivity index (χ4n) is 4.77. The number of H-pyrrole nitrogens is 2. The summed E-state index contributed by atoms with van der Waals surface area (Å²) in [6.07, 6.45) is 6.25. The number of aromatic nitrogens is 7. The molecule has 0 saturated carbocycles. The number of anilines is 2. The maximum atomic E-state index is 16.1. The topological polar surface area (TPSA) is 140 Å². The highest BCUT2D eigenvalue weighted by Crippen LogP contribution is 2.35. The van der Waals surface area contributed by atoms with Crippen LogP contribution < -0.4 is 10.6 Å². The number of aromatic amines is 2. The third kappa shape index (κ3) is 5.62. The smallest absolute Gasteiger partial charge is 0.224 e. The molecule has 6 rings (SSSR count). The van der Waals surface area contributed by atoms with Gasteiger partial charge in [0.05, 0.1) is 22.8 Å². The molecule has 0 aliphatic carbocycles. The number of likely N-dealkylation sites (N-methyl/N-ethyl adjacent to an activating group) is 1. The van der Waals surface area contributed by atoms with E-state index in [0.717, 1.165) is 6.54 Å². The number of carbonyl (C=O) groups excluding carboxylic acids is 1. The van der Waals surface area contributed by atoms with Crippen molar-refractivity contribution >= 4 is 39.5 Å². The molecule has 1 amide bonds. The van der Waals surface area contributed by atoms with Crippen molar-refractivity contribution in [2.45, 2.75) is 13.3 Å². The number of hydrogen-bond donors (Lipinski definition) is 4. The molecule has 43 heavy (non-hydrogen) atoms. The van der Waals surface area contributed by atoms with E-state index in [-0.39, 0.29) is 39.8 Å². The molecule has 0 unspecified atom stereocenters. The first kappa shape index (κ1) is 27.8. The van der Waals surface area contributed by atoms with E-state index in [1.807, 2.05) is 25.1 Å². The van der Waals surface area contributed by atoms with Crippen LogP contribution in [0.5, 0.6) is 0 Å². The number of fused-ring (bicyclic) bond motifs is 2. The van der Waals surface area contributed by atoms with Gasteiger partial charge in [0.1, 0.15) is 17.3 Å². The standard InChI is InChI=1S/C30H28F2N10O/c1-4-23(43)37-20-11-17(13-33-14-20)22-15-36-28-24(25(22)32)27(40-41-28)30-38-26-21(5-6-35-29(26)39-30)16-9-18(31)12-19(10-16)34-7-8-42(2)3/h5-6,9-15,34H,4,7-8H2,1-3H3,(H,37,43)(H,35,38,39)(H,36,40,41). The quantitative estimate of drug-likeness (QED) is 0.182. The summed E-state index contributed by atoms with van der Waals surface area (Å²) < 4.78 is 30.8. The number of rotatable bonds is 9. The summed E-state index contributed by atoms with van der Waals surface area (Å²) in [6.45, 7) is 3.18. The van der Waals surface area contributed by atoms with E-state index in [2.05, 4.69) is 45.8 Å². The molecule has 4 N–H and O–H groups in total. The maximum Gasteiger partial charge on any atom is 0.224 e. The molecular formula is C30H28F2N10O. The summed E-state index contributed by atoms with van der Waals surface area (Å²) in [7, 11) is 3.94. The number of pyridine rings is 3. The lowest BCUT2D eigenvalue weighted by Crippen LogP contribution is -2.20. The van der Waals surface area contributed by atoms with Crippen LogP contribution in [0.15, 0.2) is 55.1 Å². The number of amides is 1. The van der Waals surface area contributed by atoms with E-state index in [0.29, 0.717) is 52.2 Å². The molecule has 6 aromatic rings. The van der Waals surface area contributed by atoms with Crippen molar-refractivity contribution in [2.75, 3.05) is 37.8 Å². The lowest BCUT2D eigenvalue weighted by atomic mass is 10.0. The molecule has 11 nitrogen and oxygen atoms in total. The van der Waals surface area contributed by atoms with Crippen LogP contribution >= 0.6 is 0 Å². The molecule has 0 saturated heterocycles. The van der Waals surface area contributed by atoms with Crippen LogP contribution in [-0.4, -0.2) is 73.1 Å². The van der Waals surface area contributed by atoms with Crippen LogP contribution in [0.1, 0.15) is 13.3 Å². The fourth-order valence-corrected chi connectivity index (χ4v) is 4.77. The Morgan fingerprint density at radius 2 is 1.81 bits per heavy atom. The van der Waals surface area contributed by atoms with E-state index >= 15 is 4.39 Å². The van der Waals surface area contributed by atoms with Crippen LogP contribution in [0.4, 0.5) is 20.2 Å². The summed E-state index contributed by atoms with van der Waals surface area (Å²) in [4.78, 5) is 34.6. The Morgan fingerprint density at radius 3 is 2.63 bits per heavy atom. The van der Waals surface area contributed by atoms with E-state index < -0.39 is 5.82 Å². The molecule has 5 heterocycles. The van der Waals surface area contributed by atoms with Crippen LogP contribution in [0, 0.1) is 11.6 Å². The zero-order valence-corrected chi connectivity index (χ0v) is 23.7. The minimum absolute atomic E-state index is 0.124. The van der Waals surface area contributed by atoms with Gasteiger partial charge in [0.25, 0.3) is 0 Å². The SMILES string of the molecule is CCC(=O)Nc1cncc(-c2cnc3n[nH]c(-c4nc5nccc(-c6cc(F)cc(NCCN(C)C)c6)c5[nH]4)c3c2F)c1. The first-order chi connectivity index (χ1) is 20.8. The van der Waals surface area contributed by atoms with Gasteiger partial charge in [0, 0.05) is 60.5 Å². The molecular weight excluding hydrogens is 554 g/mol. The zero-order valence-electron chi connectivity index (χ0n) is 23.7. The minimum atomic E-state index is -0.582. The summed E-state index contributed by atoms with van der Waals surface area (Å²) in [5.41, 5.74) is 4.37. The number of nitrogens with zero attached hydrogens (tertiary/aromatic N) is 6. The molecule has 0 spiro atoms. The summed E-state index contributed by atoms with van der Waals surface area (Å²) in [5.74, 6) is -0.861. The number of imidazole rings is 1. The molecule has 1 aromatic carbocycles. The van der Waals surface area contributed by atoms with Gasteiger partial charge in [-0.25, -0.2) is 23.7 Å². The van der Waals surface area contributed by atoms with Crippen molar-refractivity contribution in [2.24, 2.45) is 0 Å². The molecule has 0 aliphatic rings. The van der Waals surface area contributed by atoms with Crippen molar-refractivity contribution < 1.29 is 13.6 Å². The number of carbonyl (C=O) groups is 1. The third-order valence-electron chi connectivity index (χ3n) is 6.90. The van der Waals surface area contributed by atoms with Gasteiger partial charge in [-0.1, -0.05) is 6.92 Å². The van der Waals surface area contributed by atoms with Crippen molar-refractivity contribution in [1.82, 2.24) is 40.0 Å². The fraction of sp³-hybridized carbons (Fsp3) is 0.200. The van der Waals surface area contributed by atoms with E-state index in [4.69, 9.17) is 0 Å². The Labute approximate surface area is 244 Å². The summed E-state index contributed by atoms with van der Waals surface area (Å²) >= 11 is 0. The Balaban J connectivity index is 1.40. The second-order valence-electron chi connectivity index (χ2n) is 10.2. The van der Waals surface area contributed by atoms with Gasteiger partial charge >= 0.3 is 0 Å². The molecule has 0 radical (unpaired) electrons. The predicted molar refractivity (Wildman–Crippen MR) is 161 cm³/mol. The van der Waals surface area contributed by atoms with Gasteiger partial charge in [-0.15, -0.1) is 0 Å². The van der Waals surface area contributed by atoms with Crippen LogP contribution in [0.3, 0.4) is 0 Å². The van der Waals surface area contributed by atoms with Crippen molar-refractivity contribution in [3.8, 4) is 33.8 Å². The Bertz CT molecular complexity index is 1970. The van der Waals surface area contributed by atoms with Crippen LogP contribution in [0.25, 0.3) is 56.0 Å². The minimum Gasteiger partial charge on any atom is -0.384 e. The average molecular weight is 583 g/mol. The van der Waals surface area contributed by atoms with Crippen molar-refractivity contribution in [3.05, 3.63) is 66.8 Å². The first-order valence-corrected chi connectivity index (χ1v) is 13.6. The molecule has 0 bridgehead atoms. The second-order valence-corrected chi connectivity index (χ2v) is 10.2. The Kier molecular flexibility index (Phi) is 7.47. The molecule has 0 aliphatic heterocycles. The normalized spacial score (nSPS) is 11.5. The van der Waals surface area contributed by atoms with E-state index in [1.54, 1.807) is 25.3 Å². The predicted octanol–water partition coefficient (Wildman–Crippen LogP) is 5.23. The van der Waals surface area contributed by atoms with Crippen LogP contribution in [0.2, 0.25) is 0 Å². The maximum absolute atomic E-state index is 16.1.